The topological polar surface area (TPSA) is 79.5 Å². The Balaban J connectivity index is 0.000000195. The molecule has 0 bridgehead atoms. The molecule has 0 atom stereocenters. The van der Waals surface area contributed by atoms with Gasteiger partial charge in [-0.1, -0.05) is 25.7 Å². The fourth-order valence-electron chi connectivity index (χ4n) is 1.89. The second-order valence-electron chi connectivity index (χ2n) is 6.63. The molecule has 0 aliphatic rings. The fourth-order valence-corrected chi connectivity index (χ4v) is 2.82. The zero-order chi connectivity index (χ0) is 19.3. The van der Waals surface area contributed by atoms with Gasteiger partial charge in [-0.05, 0) is 13.0 Å². The van der Waals surface area contributed by atoms with Crippen molar-refractivity contribution in [2.45, 2.75) is 39.2 Å². The lowest BCUT2D eigenvalue weighted by Gasteiger charge is -2.16. The maximum Gasteiger partial charge on any atom is 0.154 e. The lowest BCUT2D eigenvalue weighted by atomic mass is 10.4. The van der Waals surface area contributed by atoms with E-state index in [1.54, 1.807) is 25.0 Å². The van der Waals surface area contributed by atoms with Crippen molar-refractivity contribution in [3.63, 3.8) is 0 Å². The standard InChI is InChI=1S/C6H11N3.C6H12N2Si.C6H8N2/c7-2-1-4-9-5-3-8-6-9;1-9(2,3)8-5-4-7-6-8;1-2-4-8-5-3-7-6-8/h3,5-6H,1-2,4,7H2;4-6H,1-3H3;2-3,5-6H,1,4H2. The summed E-state index contributed by atoms with van der Waals surface area (Å²) in [4.78, 5) is 11.7. The van der Waals surface area contributed by atoms with Crippen molar-refractivity contribution in [1.29, 1.82) is 0 Å². The number of aryl methyl sites for hydroxylation is 1. The van der Waals surface area contributed by atoms with Gasteiger partial charge < -0.3 is 19.1 Å². The molecular formula is C18H31N7Si. The van der Waals surface area contributed by atoms with E-state index in [1.165, 1.54) is 0 Å². The van der Waals surface area contributed by atoms with E-state index in [9.17, 15) is 0 Å². The number of allylic oxidation sites excluding steroid dienone is 1. The Bertz CT molecular complexity index is 668. The summed E-state index contributed by atoms with van der Waals surface area (Å²) in [5.41, 5.74) is 5.31. The minimum absolute atomic E-state index is 0.748. The molecule has 2 N–H and O–H groups in total. The monoisotopic (exact) mass is 373 g/mol. The highest BCUT2D eigenvalue weighted by Crippen LogP contribution is 2.03. The minimum atomic E-state index is -1.13. The third-order valence-corrected chi connectivity index (χ3v) is 5.17. The molecule has 3 rings (SSSR count). The van der Waals surface area contributed by atoms with Gasteiger partial charge in [0.2, 0.25) is 0 Å². The van der Waals surface area contributed by atoms with Crippen LogP contribution in [0.25, 0.3) is 0 Å². The summed E-state index contributed by atoms with van der Waals surface area (Å²) in [5.74, 6) is 0. The molecule has 0 aliphatic carbocycles. The lowest BCUT2D eigenvalue weighted by molar-refractivity contribution is 0.650. The number of hydrogen-bond donors (Lipinski definition) is 1. The summed E-state index contributed by atoms with van der Waals surface area (Å²) < 4.78 is 6.19. The van der Waals surface area contributed by atoms with Crippen LogP contribution in [-0.4, -0.2) is 43.1 Å². The molecule has 0 amide bonds. The van der Waals surface area contributed by atoms with Crippen LogP contribution in [0.4, 0.5) is 0 Å². The zero-order valence-electron chi connectivity index (χ0n) is 16.1. The van der Waals surface area contributed by atoms with E-state index in [4.69, 9.17) is 5.73 Å². The van der Waals surface area contributed by atoms with Crippen molar-refractivity contribution >= 4 is 8.24 Å². The molecule has 142 valence electrons. The summed E-state index contributed by atoms with van der Waals surface area (Å²) in [6, 6.07) is 0. The Morgan fingerprint density at radius 1 is 0.923 bits per heavy atom. The van der Waals surface area contributed by atoms with E-state index in [1.807, 2.05) is 46.3 Å². The van der Waals surface area contributed by atoms with Gasteiger partial charge in [0.15, 0.2) is 8.24 Å². The first-order chi connectivity index (χ1) is 12.5. The molecule has 0 unspecified atom stereocenters. The lowest BCUT2D eigenvalue weighted by Crippen LogP contribution is -2.30. The van der Waals surface area contributed by atoms with Crippen LogP contribution in [0.15, 0.2) is 68.8 Å². The quantitative estimate of drug-likeness (QED) is 0.532. The van der Waals surface area contributed by atoms with Crippen LogP contribution in [0.2, 0.25) is 19.6 Å². The first-order valence-corrected chi connectivity index (χ1v) is 12.1. The molecule has 0 aromatic carbocycles. The van der Waals surface area contributed by atoms with Crippen molar-refractivity contribution in [2.24, 2.45) is 5.73 Å². The molecule has 0 saturated carbocycles. The largest absolute Gasteiger partial charge is 0.365 e. The number of aromatic nitrogens is 6. The molecule has 0 aliphatic heterocycles. The van der Waals surface area contributed by atoms with E-state index in [-0.39, 0.29) is 0 Å². The molecule has 3 aromatic rings. The molecule has 0 radical (unpaired) electrons. The maximum atomic E-state index is 5.31. The van der Waals surface area contributed by atoms with E-state index in [0.717, 1.165) is 26.1 Å². The van der Waals surface area contributed by atoms with Crippen LogP contribution >= 0.6 is 0 Å². The van der Waals surface area contributed by atoms with Crippen LogP contribution in [0.5, 0.6) is 0 Å². The second-order valence-corrected chi connectivity index (χ2v) is 11.5. The fraction of sp³-hybridized carbons (Fsp3) is 0.389. The Labute approximate surface area is 157 Å². The summed E-state index contributed by atoms with van der Waals surface area (Å²) in [6.07, 6.45) is 19.6. The molecule has 3 aromatic heterocycles. The van der Waals surface area contributed by atoms with Gasteiger partial charge in [-0.25, -0.2) is 15.0 Å². The average molecular weight is 374 g/mol. The molecule has 7 nitrogen and oxygen atoms in total. The molecule has 0 spiro atoms. The first-order valence-electron chi connectivity index (χ1n) is 8.68. The van der Waals surface area contributed by atoms with Gasteiger partial charge in [0.05, 0.1) is 19.0 Å². The van der Waals surface area contributed by atoms with Crippen LogP contribution in [0.1, 0.15) is 6.42 Å². The Morgan fingerprint density at radius 2 is 1.50 bits per heavy atom. The van der Waals surface area contributed by atoms with Gasteiger partial charge in [-0.2, -0.15) is 0 Å². The summed E-state index contributed by atoms with van der Waals surface area (Å²) in [7, 11) is -1.13. The number of nitrogens with two attached hydrogens (primary N) is 1. The maximum absolute atomic E-state index is 5.31. The molecule has 8 heteroatoms. The SMILES string of the molecule is C=CCn1ccnc1.C[Si](C)(C)n1ccnc1.NCCCn1ccnc1. The molecule has 26 heavy (non-hydrogen) atoms. The predicted octanol–water partition coefficient (Wildman–Crippen LogP) is 2.87. The van der Waals surface area contributed by atoms with Crippen LogP contribution < -0.4 is 5.73 Å². The van der Waals surface area contributed by atoms with E-state index < -0.39 is 8.24 Å². The number of nitrogens with zero attached hydrogens (tertiary/aromatic N) is 6. The molecule has 0 saturated heterocycles. The van der Waals surface area contributed by atoms with Gasteiger partial charge in [0.1, 0.15) is 0 Å². The van der Waals surface area contributed by atoms with E-state index in [0.29, 0.717) is 0 Å². The van der Waals surface area contributed by atoms with Crippen molar-refractivity contribution in [1.82, 2.24) is 28.3 Å². The third-order valence-electron chi connectivity index (χ3n) is 3.36. The summed E-state index contributed by atoms with van der Waals surface area (Å²) >= 11 is 0. The van der Waals surface area contributed by atoms with E-state index >= 15 is 0 Å². The Kier molecular flexibility index (Phi) is 9.96. The molecule has 0 fully saturated rings. The van der Waals surface area contributed by atoms with Crippen molar-refractivity contribution in [3.05, 3.63) is 68.8 Å². The summed E-state index contributed by atoms with van der Waals surface area (Å²) in [6.45, 7) is 13.0. The highest BCUT2D eigenvalue weighted by molar-refractivity contribution is 6.74. The zero-order valence-corrected chi connectivity index (χ0v) is 17.1. The number of hydrogen-bond acceptors (Lipinski definition) is 4. The highest BCUT2D eigenvalue weighted by Gasteiger charge is 2.13. The van der Waals surface area contributed by atoms with Crippen molar-refractivity contribution in [3.8, 4) is 0 Å². The first kappa shape index (κ1) is 21.6. The normalized spacial score (nSPS) is 10.3. The molecule has 3 heterocycles. The highest BCUT2D eigenvalue weighted by atomic mass is 28.3. The second kappa shape index (κ2) is 12.0. The average Bonchev–Trinajstić information content (AvgIpc) is 3.35. The van der Waals surface area contributed by atoms with Gasteiger partial charge in [-0.15, -0.1) is 6.58 Å². The van der Waals surface area contributed by atoms with Crippen LogP contribution in [-0.2, 0) is 13.1 Å². The third kappa shape index (κ3) is 9.14. The van der Waals surface area contributed by atoms with Gasteiger partial charge >= 0.3 is 0 Å². The van der Waals surface area contributed by atoms with Crippen LogP contribution in [0, 0.1) is 0 Å². The number of imidazole rings is 3. The smallest absolute Gasteiger partial charge is 0.154 e. The van der Waals surface area contributed by atoms with Crippen molar-refractivity contribution in [2.75, 3.05) is 6.54 Å². The van der Waals surface area contributed by atoms with E-state index in [2.05, 4.69) is 45.4 Å². The van der Waals surface area contributed by atoms with Gasteiger partial charge in [-0.3, -0.25) is 0 Å². The van der Waals surface area contributed by atoms with Gasteiger partial charge in [0.25, 0.3) is 0 Å². The predicted molar refractivity (Wildman–Crippen MR) is 109 cm³/mol. The number of rotatable bonds is 6. The van der Waals surface area contributed by atoms with Gasteiger partial charge in [0, 0.05) is 50.3 Å². The minimum Gasteiger partial charge on any atom is -0.365 e. The molecular weight excluding hydrogens is 342 g/mol. The summed E-state index contributed by atoms with van der Waals surface area (Å²) in [5, 5.41) is 0. The van der Waals surface area contributed by atoms with Crippen molar-refractivity contribution < 1.29 is 0 Å². The van der Waals surface area contributed by atoms with Crippen LogP contribution in [0.3, 0.4) is 0 Å². The Morgan fingerprint density at radius 3 is 1.88 bits per heavy atom. The Hall–Kier alpha value is -2.45.